The van der Waals surface area contributed by atoms with Gasteiger partial charge in [0.2, 0.25) is 11.8 Å². The van der Waals surface area contributed by atoms with Crippen LogP contribution in [0.3, 0.4) is 0 Å². The van der Waals surface area contributed by atoms with Gasteiger partial charge in [-0.3, -0.25) is 0 Å². The molecule has 3 rings (SSSR count). The number of nitrogen functional groups attached to an aromatic ring is 1. The maximum absolute atomic E-state index is 5.84. The van der Waals surface area contributed by atoms with Crippen LogP contribution in [0, 0.1) is 0 Å². The summed E-state index contributed by atoms with van der Waals surface area (Å²) in [5.41, 5.74) is 6.43. The number of methoxy groups -OCH3 is 1. The summed E-state index contributed by atoms with van der Waals surface area (Å²) in [5, 5.41) is 0. The lowest BCUT2D eigenvalue weighted by molar-refractivity contribution is 0.397. The van der Waals surface area contributed by atoms with Gasteiger partial charge in [-0.15, -0.1) is 0 Å². The van der Waals surface area contributed by atoms with Crippen LogP contribution in [0.1, 0.15) is 43.8 Å². The Kier molecular flexibility index (Phi) is 3.89. The van der Waals surface area contributed by atoms with E-state index < -0.39 is 0 Å². The van der Waals surface area contributed by atoms with E-state index in [1.807, 2.05) is 0 Å². The molecule has 7 heteroatoms. The summed E-state index contributed by atoms with van der Waals surface area (Å²) in [4.78, 5) is 21.2. The molecule has 0 atom stereocenters. The average molecular weight is 286 g/mol. The fourth-order valence-corrected chi connectivity index (χ4v) is 2.64. The minimum absolute atomic E-state index is 0.234. The number of anilines is 1. The molecule has 7 nitrogen and oxygen atoms in total. The molecule has 0 aliphatic heterocycles. The van der Waals surface area contributed by atoms with Crippen LogP contribution in [-0.2, 0) is 0 Å². The fraction of sp³-hybridized carbons (Fsp3) is 0.500. The number of nitrogens with two attached hydrogens (primary N) is 1. The van der Waals surface area contributed by atoms with Crippen molar-refractivity contribution in [3.63, 3.8) is 0 Å². The Labute approximate surface area is 123 Å². The molecule has 21 heavy (non-hydrogen) atoms. The monoisotopic (exact) mass is 286 g/mol. The molecular formula is C14H18N6O. The van der Waals surface area contributed by atoms with Crippen molar-refractivity contribution in [2.24, 2.45) is 0 Å². The molecule has 2 aromatic heterocycles. The molecule has 1 fully saturated rings. The maximum atomic E-state index is 5.84. The molecule has 1 aliphatic rings. The average Bonchev–Trinajstić information content (AvgIpc) is 2.55. The van der Waals surface area contributed by atoms with Crippen molar-refractivity contribution >= 4 is 5.95 Å². The molecule has 0 aromatic carbocycles. The third-order valence-corrected chi connectivity index (χ3v) is 3.72. The highest BCUT2D eigenvalue weighted by molar-refractivity contribution is 5.51. The van der Waals surface area contributed by atoms with Gasteiger partial charge in [0.1, 0.15) is 17.8 Å². The van der Waals surface area contributed by atoms with E-state index in [1.54, 1.807) is 13.2 Å². The number of nitrogens with zero attached hydrogens (tertiary/aromatic N) is 5. The summed E-state index contributed by atoms with van der Waals surface area (Å²) in [6, 6.07) is 1.69. The number of rotatable bonds is 3. The van der Waals surface area contributed by atoms with E-state index in [0.29, 0.717) is 23.3 Å². The van der Waals surface area contributed by atoms with Crippen molar-refractivity contribution in [3.05, 3.63) is 18.2 Å². The highest BCUT2D eigenvalue weighted by Gasteiger charge is 2.20. The van der Waals surface area contributed by atoms with Crippen molar-refractivity contribution in [1.82, 2.24) is 24.9 Å². The fourth-order valence-electron chi connectivity index (χ4n) is 2.64. The maximum Gasteiger partial charge on any atom is 0.223 e. The zero-order valence-corrected chi connectivity index (χ0v) is 12.0. The molecule has 0 unspecified atom stereocenters. The summed E-state index contributed by atoms with van der Waals surface area (Å²) in [6.07, 6.45) is 7.35. The summed E-state index contributed by atoms with van der Waals surface area (Å²) in [7, 11) is 1.56. The quantitative estimate of drug-likeness (QED) is 0.920. The molecule has 0 amide bonds. The standard InChI is InChI=1S/C14H18N6O/c1-21-11-7-10(16-8-17-11)13-18-12(19-14(15)20-13)9-5-3-2-4-6-9/h7-9H,2-6H2,1H3,(H2,15,18,19,20). The molecule has 2 heterocycles. The van der Waals surface area contributed by atoms with Crippen molar-refractivity contribution < 1.29 is 4.74 Å². The number of aromatic nitrogens is 5. The van der Waals surface area contributed by atoms with Crippen LogP contribution in [0.4, 0.5) is 5.95 Å². The molecule has 110 valence electrons. The lowest BCUT2D eigenvalue weighted by Crippen LogP contribution is -2.12. The highest BCUT2D eigenvalue weighted by Crippen LogP contribution is 2.31. The molecule has 0 radical (unpaired) electrons. The molecule has 2 N–H and O–H groups in total. The first-order valence-corrected chi connectivity index (χ1v) is 7.14. The third-order valence-electron chi connectivity index (χ3n) is 3.72. The zero-order valence-electron chi connectivity index (χ0n) is 12.0. The van der Waals surface area contributed by atoms with Gasteiger partial charge in [0.25, 0.3) is 0 Å². The summed E-state index contributed by atoms with van der Waals surface area (Å²) < 4.78 is 5.10. The van der Waals surface area contributed by atoms with Gasteiger partial charge in [0, 0.05) is 12.0 Å². The van der Waals surface area contributed by atoms with Gasteiger partial charge < -0.3 is 10.5 Å². The van der Waals surface area contributed by atoms with E-state index in [2.05, 4.69) is 24.9 Å². The lowest BCUT2D eigenvalue weighted by atomic mass is 9.89. The lowest BCUT2D eigenvalue weighted by Gasteiger charge is -2.20. The minimum atomic E-state index is 0.234. The summed E-state index contributed by atoms with van der Waals surface area (Å²) in [5.74, 6) is 2.32. The molecule has 1 saturated carbocycles. The Balaban J connectivity index is 1.96. The second-order valence-electron chi connectivity index (χ2n) is 5.16. The van der Waals surface area contributed by atoms with Gasteiger partial charge in [0.15, 0.2) is 5.82 Å². The van der Waals surface area contributed by atoms with Gasteiger partial charge in [-0.2, -0.15) is 9.97 Å². The van der Waals surface area contributed by atoms with Gasteiger partial charge in [-0.25, -0.2) is 15.0 Å². The SMILES string of the molecule is COc1cc(-c2nc(N)nc(C3CCCCC3)n2)ncn1. The van der Waals surface area contributed by atoms with E-state index in [0.717, 1.165) is 18.7 Å². The molecule has 0 spiro atoms. The predicted molar refractivity (Wildman–Crippen MR) is 77.6 cm³/mol. The first-order valence-electron chi connectivity index (χ1n) is 7.14. The van der Waals surface area contributed by atoms with Crippen LogP contribution in [0.15, 0.2) is 12.4 Å². The van der Waals surface area contributed by atoms with Crippen molar-refractivity contribution in [2.45, 2.75) is 38.0 Å². The van der Waals surface area contributed by atoms with Gasteiger partial charge >= 0.3 is 0 Å². The summed E-state index contributed by atoms with van der Waals surface area (Å²) in [6.45, 7) is 0. The molecule has 2 aromatic rings. The zero-order chi connectivity index (χ0) is 14.7. The normalized spacial score (nSPS) is 15.9. The number of hydrogen-bond acceptors (Lipinski definition) is 7. The Bertz CT molecular complexity index is 627. The first kappa shape index (κ1) is 13.7. The molecule has 0 bridgehead atoms. The number of hydrogen-bond donors (Lipinski definition) is 1. The minimum Gasteiger partial charge on any atom is -0.481 e. The van der Waals surface area contributed by atoms with Crippen molar-refractivity contribution in [2.75, 3.05) is 12.8 Å². The van der Waals surface area contributed by atoms with E-state index in [-0.39, 0.29) is 5.95 Å². The topological polar surface area (TPSA) is 99.7 Å². The first-order chi connectivity index (χ1) is 10.3. The van der Waals surface area contributed by atoms with Crippen LogP contribution < -0.4 is 10.5 Å². The molecule has 0 saturated heterocycles. The highest BCUT2D eigenvalue weighted by atomic mass is 16.5. The smallest absolute Gasteiger partial charge is 0.223 e. The molecule has 1 aliphatic carbocycles. The molecular weight excluding hydrogens is 268 g/mol. The van der Waals surface area contributed by atoms with E-state index >= 15 is 0 Å². The van der Waals surface area contributed by atoms with Gasteiger partial charge in [-0.1, -0.05) is 19.3 Å². The van der Waals surface area contributed by atoms with Crippen LogP contribution in [0.5, 0.6) is 5.88 Å². The Hall–Kier alpha value is -2.31. The Morgan fingerprint density at radius 3 is 2.67 bits per heavy atom. The van der Waals surface area contributed by atoms with E-state index in [9.17, 15) is 0 Å². The third kappa shape index (κ3) is 3.07. The van der Waals surface area contributed by atoms with Crippen LogP contribution in [-0.4, -0.2) is 32.0 Å². The largest absolute Gasteiger partial charge is 0.481 e. The van der Waals surface area contributed by atoms with Crippen molar-refractivity contribution in [1.29, 1.82) is 0 Å². The van der Waals surface area contributed by atoms with Crippen molar-refractivity contribution in [3.8, 4) is 17.4 Å². The van der Waals surface area contributed by atoms with Crippen LogP contribution in [0.25, 0.3) is 11.5 Å². The Morgan fingerprint density at radius 2 is 1.90 bits per heavy atom. The van der Waals surface area contributed by atoms with Crippen LogP contribution in [0.2, 0.25) is 0 Å². The predicted octanol–water partition coefficient (Wildman–Crippen LogP) is 1.97. The second-order valence-corrected chi connectivity index (χ2v) is 5.16. The Morgan fingerprint density at radius 1 is 1.10 bits per heavy atom. The summed E-state index contributed by atoms with van der Waals surface area (Å²) >= 11 is 0. The second kappa shape index (κ2) is 5.99. The van der Waals surface area contributed by atoms with Crippen LogP contribution >= 0.6 is 0 Å². The van der Waals surface area contributed by atoms with E-state index in [4.69, 9.17) is 10.5 Å². The number of ether oxygens (including phenoxy) is 1. The van der Waals surface area contributed by atoms with Gasteiger partial charge in [-0.05, 0) is 12.8 Å². The van der Waals surface area contributed by atoms with E-state index in [1.165, 1.54) is 25.6 Å². The van der Waals surface area contributed by atoms with Gasteiger partial charge in [0.05, 0.1) is 7.11 Å².